The highest BCUT2D eigenvalue weighted by Crippen LogP contribution is 2.23. The monoisotopic (exact) mass is 480 g/mol. The van der Waals surface area contributed by atoms with Gasteiger partial charge in [-0.25, -0.2) is 14.6 Å². The van der Waals surface area contributed by atoms with E-state index in [9.17, 15) is 19.5 Å². The Labute approximate surface area is 201 Å². The molecule has 4 rings (SSSR count). The van der Waals surface area contributed by atoms with Gasteiger partial charge in [-0.2, -0.15) is 4.98 Å². The summed E-state index contributed by atoms with van der Waals surface area (Å²) >= 11 is 0. The van der Waals surface area contributed by atoms with Gasteiger partial charge in [0, 0.05) is 33.2 Å². The highest BCUT2D eigenvalue weighted by atomic mass is 16.4. The molecular formula is C23H28N8O4. The van der Waals surface area contributed by atoms with Gasteiger partial charge >= 0.3 is 11.7 Å². The molecule has 0 saturated carbocycles. The first kappa shape index (κ1) is 24.0. The Morgan fingerprint density at radius 1 is 1.29 bits per heavy atom. The molecular weight excluding hydrogens is 452 g/mol. The van der Waals surface area contributed by atoms with Gasteiger partial charge in [0.05, 0.1) is 24.3 Å². The number of carboxylic acids is 1. The van der Waals surface area contributed by atoms with Crippen molar-refractivity contribution in [3.8, 4) is 11.8 Å². The Bertz CT molecular complexity index is 1470. The van der Waals surface area contributed by atoms with Gasteiger partial charge in [0.2, 0.25) is 5.95 Å². The molecule has 0 aromatic carbocycles. The van der Waals surface area contributed by atoms with Crippen LogP contribution in [-0.2, 0) is 20.1 Å². The van der Waals surface area contributed by atoms with E-state index in [2.05, 4.69) is 27.1 Å². The minimum Gasteiger partial charge on any atom is -0.478 e. The first-order valence-corrected chi connectivity index (χ1v) is 11.3. The number of imidazole rings is 1. The summed E-state index contributed by atoms with van der Waals surface area (Å²) in [6, 6.07) is 2.89. The van der Waals surface area contributed by atoms with E-state index in [0.717, 1.165) is 24.0 Å². The number of fused-ring (bicyclic) bond motifs is 1. The summed E-state index contributed by atoms with van der Waals surface area (Å²) in [6.45, 7) is 2.90. The third-order valence-corrected chi connectivity index (χ3v) is 6.14. The number of hydrogen-bond acceptors (Lipinski definition) is 8. The van der Waals surface area contributed by atoms with Crippen LogP contribution < -0.4 is 27.2 Å². The van der Waals surface area contributed by atoms with Crippen LogP contribution in [0.3, 0.4) is 0 Å². The van der Waals surface area contributed by atoms with Gasteiger partial charge in [0.15, 0.2) is 11.2 Å². The predicted octanol–water partition coefficient (Wildman–Crippen LogP) is 0.0307. The molecule has 1 atom stereocenters. The molecule has 1 aliphatic heterocycles. The number of nitrogens with one attached hydrogen (secondary N) is 1. The van der Waals surface area contributed by atoms with Crippen LogP contribution in [0, 0.1) is 11.8 Å². The van der Waals surface area contributed by atoms with Gasteiger partial charge in [-0.1, -0.05) is 5.92 Å². The van der Waals surface area contributed by atoms with Crippen molar-refractivity contribution in [3.63, 3.8) is 0 Å². The van der Waals surface area contributed by atoms with E-state index in [1.54, 1.807) is 18.5 Å². The molecule has 4 N–H and O–H groups in total. The maximum absolute atomic E-state index is 13.7. The fourth-order valence-electron chi connectivity index (χ4n) is 4.35. The number of anilines is 2. The zero-order chi connectivity index (χ0) is 25.3. The van der Waals surface area contributed by atoms with Crippen LogP contribution in [0.2, 0.25) is 0 Å². The lowest BCUT2D eigenvalue weighted by molar-refractivity contribution is 0.0695. The number of carboxylic acid groups (broad SMARTS) is 1. The topological polar surface area (TPSA) is 153 Å². The van der Waals surface area contributed by atoms with Gasteiger partial charge < -0.3 is 21.1 Å². The number of aromatic carboxylic acids is 1. The average Bonchev–Trinajstić information content (AvgIpc) is 3.23. The molecule has 184 valence electrons. The summed E-state index contributed by atoms with van der Waals surface area (Å²) in [5, 5.41) is 12.5. The van der Waals surface area contributed by atoms with Crippen LogP contribution in [-0.4, -0.2) is 60.9 Å². The molecule has 0 bridgehead atoms. The minimum atomic E-state index is -1.20. The smallest absolute Gasteiger partial charge is 0.337 e. The fraction of sp³-hybridized carbons (Fsp3) is 0.435. The number of aromatic nitrogens is 5. The van der Waals surface area contributed by atoms with E-state index < -0.39 is 17.2 Å². The van der Waals surface area contributed by atoms with Crippen molar-refractivity contribution < 1.29 is 9.90 Å². The lowest BCUT2D eigenvalue weighted by atomic mass is 10.1. The second kappa shape index (κ2) is 9.63. The Morgan fingerprint density at radius 2 is 2.06 bits per heavy atom. The standard InChI is InChI=1S/C23H28N8O4/c1-4-5-11-30-18-19(27-22(30)29-10-6-7-14(24)12-29)28(3)23(35)31(20(18)32)13-16-15(21(33)34)8-9-17(25-2)26-16/h8-9,14H,6-7,10-13,24H2,1-3H3,(H,25,26)(H,33,34)/t14-/m1/s1. The van der Waals surface area contributed by atoms with Crippen LogP contribution in [0.1, 0.15) is 35.8 Å². The van der Waals surface area contributed by atoms with Crippen LogP contribution in [0.5, 0.6) is 0 Å². The average molecular weight is 481 g/mol. The molecule has 0 spiro atoms. The van der Waals surface area contributed by atoms with Gasteiger partial charge in [-0.05, 0) is 31.9 Å². The molecule has 0 radical (unpaired) electrons. The van der Waals surface area contributed by atoms with Gasteiger partial charge in [0.1, 0.15) is 5.82 Å². The molecule has 3 aromatic rings. The lowest BCUT2D eigenvalue weighted by Crippen LogP contribution is -2.44. The SMILES string of the molecule is CC#CCn1c(N2CCC[C@@H](N)C2)nc2c1c(=O)n(Cc1nc(NC)ccc1C(=O)O)c(=O)n2C. The maximum atomic E-state index is 13.7. The summed E-state index contributed by atoms with van der Waals surface area (Å²) < 4.78 is 3.99. The van der Waals surface area contributed by atoms with Gasteiger partial charge in [-0.3, -0.25) is 18.5 Å². The minimum absolute atomic E-state index is 0.0188. The zero-order valence-corrected chi connectivity index (χ0v) is 19.9. The highest BCUT2D eigenvalue weighted by molar-refractivity contribution is 5.89. The molecule has 4 heterocycles. The van der Waals surface area contributed by atoms with Crippen molar-refractivity contribution in [1.29, 1.82) is 0 Å². The molecule has 1 aliphatic rings. The largest absolute Gasteiger partial charge is 0.478 e. The molecule has 35 heavy (non-hydrogen) atoms. The highest BCUT2D eigenvalue weighted by Gasteiger charge is 2.26. The summed E-state index contributed by atoms with van der Waals surface area (Å²) in [7, 11) is 3.18. The van der Waals surface area contributed by atoms with E-state index in [1.807, 2.05) is 4.90 Å². The van der Waals surface area contributed by atoms with E-state index in [1.165, 1.54) is 23.7 Å². The van der Waals surface area contributed by atoms with E-state index >= 15 is 0 Å². The Kier molecular flexibility index (Phi) is 6.61. The van der Waals surface area contributed by atoms with E-state index in [-0.39, 0.29) is 41.6 Å². The lowest BCUT2D eigenvalue weighted by Gasteiger charge is -2.31. The second-order valence-electron chi connectivity index (χ2n) is 8.42. The molecule has 0 amide bonds. The first-order chi connectivity index (χ1) is 16.8. The number of rotatable bonds is 6. The normalized spacial score (nSPS) is 15.7. The molecule has 3 aromatic heterocycles. The van der Waals surface area contributed by atoms with E-state index in [0.29, 0.717) is 18.3 Å². The zero-order valence-electron chi connectivity index (χ0n) is 19.9. The number of aryl methyl sites for hydroxylation is 1. The summed E-state index contributed by atoms with van der Waals surface area (Å²) in [6.07, 6.45) is 1.79. The number of nitrogens with zero attached hydrogens (tertiary/aromatic N) is 6. The Hall–Kier alpha value is -4.11. The predicted molar refractivity (Wildman–Crippen MR) is 132 cm³/mol. The Morgan fingerprint density at radius 3 is 2.71 bits per heavy atom. The van der Waals surface area contributed by atoms with Crippen molar-refractivity contribution in [2.45, 2.75) is 38.9 Å². The van der Waals surface area contributed by atoms with Gasteiger partial charge in [0.25, 0.3) is 5.56 Å². The first-order valence-electron chi connectivity index (χ1n) is 11.3. The maximum Gasteiger partial charge on any atom is 0.337 e. The third-order valence-electron chi connectivity index (χ3n) is 6.14. The third kappa shape index (κ3) is 4.38. The van der Waals surface area contributed by atoms with Crippen molar-refractivity contribution in [3.05, 3.63) is 44.2 Å². The summed E-state index contributed by atoms with van der Waals surface area (Å²) in [5.74, 6) is 5.58. The Balaban J connectivity index is 1.94. The van der Waals surface area contributed by atoms with Crippen LogP contribution in [0.4, 0.5) is 11.8 Å². The number of nitrogens with two attached hydrogens (primary N) is 1. The molecule has 1 fully saturated rings. The molecule has 1 saturated heterocycles. The van der Waals surface area contributed by atoms with Crippen LogP contribution in [0.25, 0.3) is 11.2 Å². The van der Waals surface area contributed by atoms with Crippen molar-refractivity contribution >= 4 is 28.9 Å². The summed E-state index contributed by atoms with van der Waals surface area (Å²) in [4.78, 5) is 49.7. The number of piperidine rings is 1. The van der Waals surface area contributed by atoms with Gasteiger partial charge in [-0.15, -0.1) is 5.92 Å². The quantitative estimate of drug-likeness (QED) is 0.415. The number of hydrogen-bond donors (Lipinski definition) is 3. The number of pyridine rings is 1. The molecule has 0 aliphatic carbocycles. The summed E-state index contributed by atoms with van der Waals surface area (Å²) in [5.41, 5.74) is 5.41. The van der Waals surface area contributed by atoms with Crippen molar-refractivity contribution in [2.24, 2.45) is 12.8 Å². The second-order valence-corrected chi connectivity index (χ2v) is 8.42. The molecule has 12 heteroatoms. The van der Waals surface area contributed by atoms with Crippen LogP contribution >= 0.6 is 0 Å². The van der Waals surface area contributed by atoms with Crippen molar-refractivity contribution in [1.82, 2.24) is 23.7 Å². The van der Waals surface area contributed by atoms with Crippen molar-refractivity contribution in [2.75, 3.05) is 30.4 Å². The molecule has 0 unspecified atom stereocenters. The van der Waals surface area contributed by atoms with E-state index in [4.69, 9.17) is 5.73 Å². The van der Waals surface area contributed by atoms with Crippen LogP contribution in [0.15, 0.2) is 21.7 Å². The number of carbonyl (C=O) groups is 1. The molecule has 12 nitrogen and oxygen atoms in total. The fourth-order valence-corrected chi connectivity index (χ4v) is 4.35.